The molecular formula is C19H18BrN3O3. The molecule has 0 saturated carbocycles. The molecule has 6 nitrogen and oxygen atoms in total. The first-order valence-electron chi connectivity index (χ1n) is 8.27. The van der Waals surface area contributed by atoms with Crippen molar-refractivity contribution >= 4 is 33.8 Å². The molecule has 4 amide bonds. The third-order valence-electron chi connectivity index (χ3n) is 4.09. The van der Waals surface area contributed by atoms with E-state index in [2.05, 4.69) is 26.6 Å². The Bertz CT molecular complexity index is 801. The van der Waals surface area contributed by atoms with E-state index in [1.54, 1.807) is 24.3 Å². The number of hydrogen-bond donors (Lipinski definition) is 2. The Morgan fingerprint density at radius 2 is 1.54 bits per heavy atom. The molecule has 0 unspecified atom stereocenters. The Balaban J connectivity index is 1.39. The van der Waals surface area contributed by atoms with Gasteiger partial charge >= 0.3 is 6.03 Å². The number of nitrogens with zero attached hydrogens (tertiary/aromatic N) is 1. The zero-order valence-electron chi connectivity index (χ0n) is 14.0. The maximum absolute atomic E-state index is 12.2. The van der Waals surface area contributed by atoms with Crippen molar-refractivity contribution in [3.8, 4) is 0 Å². The van der Waals surface area contributed by atoms with Crippen LogP contribution in [0.15, 0.2) is 53.0 Å². The normalized spacial score (nSPS) is 12.9. The summed E-state index contributed by atoms with van der Waals surface area (Å²) in [5.41, 5.74) is 1.88. The first kappa shape index (κ1) is 18.1. The fourth-order valence-corrected chi connectivity index (χ4v) is 2.99. The zero-order valence-corrected chi connectivity index (χ0v) is 15.6. The van der Waals surface area contributed by atoms with E-state index in [4.69, 9.17) is 0 Å². The number of fused-ring (bicyclic) bond motifs is 1. The molecule has 1 aliphatic heterocycles. The summed E-state index contributed by atoms with van der Waals surface area (Å²) < 4.78 is 0.985. The van der Waals surface area contributed by atoms with E-state index in [1.807, 2.05) is 24.3 Å². The van der Waals surface area contributed by atoms with E-state index in [9.17, 15) is 14.4 Å². The van der Waals surface area contributed by atoms with Crippen LogP contribution in [0.2, 0.25) is 0 Å². The number of carbonyl (C=O) groups excluding carboxylic acids is 3. The molecule has 26 heavy (non-hydrogen) atoms. The number of rotatable bonds is 6. The molecule has 0 radical (unpaired) electrons. The summed E-state index contributed by atoms with van der Waals surface area (Å²) in [5, 5.41) is 5.50. The molecule has 0 fully saturated rings. The Morgan fingerprint density at radius 3 is 2.15 bits per heavy atom. The average molecular weight is 416 g/mol. The Kier molecular flexibility index (Phi) is 5.68. The minimum Gasteiger partial charge on any atom is -0.338 e. The fraction of sp³-hybridized carbons (Fsp3) is 0.211. The molecule has 0 aromatic heterocycles. The molecule has 1 heterocycles. The van der Waals surface area contributed by atoms with Gasteiger partial charge < -0.3 is 10.6 Å². The molecule has 0 bridgehead atoms. The molecule has 2 N–H and O–H groups in total. The summed E-state index contributed by atoms with van der Waals surface area (Å²) in [4.78, 5) is 37.5. The Labute approximate surface area is 159 Å². The van der Waals surface area contributed by atoms with Crippen LogP contribution in [-0.2, 0) is 6.54 Å². The number of carbonyl (C=O) groups is 3. The molecular weight excluding hydrogens is 398 g/mol. The van der Waals surface area contributed by atoms with Gasteiger partial charge in [0.2, 0.25) is 0 Å². The van der Waals surface area contributed by atoms with Gasteiger partial charge in [0.15, 0.2) is 0 Å². The van der Waals surface area contributed by atoms with Crippen LogP contribution in [0.25, 0.3) is 0 Å². The molecule has 2 aromatic carbocycles. The number of amides is 4. The third-order valence-corrected chi connectivity index (χ3v) is 4.62. The highest BCUT2D eigenvalue weighted by Crippen LogP contribution is 2.22. The minimum atomic E-state index is -0.282. The van der Waals surface area contributed by atoms with Crippen LogP contribution in [0.4, 0.5) is 4.79 Å². The Hall–Kier alpha value is -2.67. The molecule has 0 atom stereocenters. The standard InChI is InChI=1S/C19H18BrN3O3/c20-14-8-6-13(7-9-14)12-22-19(26)21-10-3-11-23-17(24)15-4-1-2-5-16(15)18(23)25/h1-2,4-9H,3,10-12H2,(H2,21,22,26). The summed E-state index contributed by atoms with van der Waals surface area (Å²) in [7, 11) is 0. The number of urea groups is 1. The molecule has 0 aliphatic carbocycles. The number of hydrogen-bond acceptors (Lipinski definition) is 3. The molecule has 2 aromatic rings. The second-order valence-corrected chi connectivity index (χ2v) is 6.81. The SMILES string of the molecule is O=C(NCCCN1C(=O)c2ccccc2C1=O)NCc1ccc(Br)cc1. The van der Waals surface area contributed by atoms with Crippen molar-refractivity contribution in [2.24, 2.45) is 0 Å². The van der Waals surface area contributed by atoms with Crippen LogP contribution in [-0.4, -0.2) is 35.8 Å². The van der Waals surface area contributed by atoms with Gasteiger partial charge in [-0.2, -0.15) is 0 Å². The lowest BCUT2D eigenvalue weighted by Crippen LogP contribution is -2.37. The zero-order chi connectivity index (χ0) is 18.5. The van der Waals surface area contributed by atoms with Crippen molar-refractivity contribution in [2.75, 3.05) is 13.1 Å². The number of halogens is 1. The molecule has 7 heteroatoms. The molecule has 1 aliphatic rings. The number of benzene rings is 2. The third kappa shape index (κ3) is 4.11. The first-order valence-corrected chi connectivity index (χ1v) is 9.07. The highest BCUT2D eigenvalue weighted by atomic mass is 79.9. The van der Waals surface area contributed by atoms with Crippen LogP contribution in [0.5, 0.6) is 0 Å². The van der Waals surface area contributed by atoms with Gasteiger partial charge in [0.05, 0.1) is 11.1 Å². The van der Waals surface area contributed by atoms with Gasteiger partial charge in [0, 0.05) is 24.1 Å². The largest absolute Gasteiger partial charge is 0.338 e. The van der Waals surface area contributed by atoms with Crippen molar-refractivity contribution in [2.45, 2.75) is 13.0 Å². The fourth-order valence-electron chi connectivity index (χ4n) is 2.73. The summed E-state index contributed by atoms with van der Waals surface area (Å²) in [5.74, 6) is -0.546. The highest BCUT2D eigenvalue weighted by molar-refractivity contribution is 9.10. The lowest BCUT2D eigenvalue weighted by molar-refractivity contribution is 0.0653. The first-order chi connectivity index (χ1) is 12.6. The van der Waals surface area contributed by atoms with Gasteiger partial charge in [-0.3, -0.25) is 14.5 Å². The van der Waals surface area contributed by atoms with Gasteiger partial charge in [-0.15, -0.1) is 0 Å². The van der Waals surface area contributed by atoms with E-state index < -0.39 is 0 Å². The van der Waals surface area contributed by atoms with Crippen LogP contribution >= 0.6 is 15.9 Å². The maximum Gasteiger partial charge on any atom is 0.315 e. The quantitative estimate of drug-likeness (QED) is 0.562. The molecule has 0 spiro atoms. The predicted molar refractivity (Wildman–Crippen MR) is 101 cm³/mol. The van der Waals surface area contributed by atoms with Crippen LogP contribution in [0.3, 0.4) is 0 Å². The lowest BCUT2D eigenvalue weighted by Gasteiger charge is -2.14. The van der Waals surface area contributed by atoms with Crippen molar-refractivity contribution in [1.82, 2.24) is 15.5 Å². The maximum atomic E-state index is 12.2. The van der Waals surface area contributed by atoms with Crippen LogP contribution < -0.4 is 10.6 Å². The highest BCUT2D eigenvalue weighted by Gasteiger charge is 2.34. The van der Waals surface area contributed by atoms with Crippen molar-refractivity contribution < 1.29 is 14.4 Å². The second kappa shape index (κ2) is 8.14. The van der Waals surface area contributed by atoms with Gasteiger partial charge in [0.1, 0.15) is 0 Å². The van der Waals surface area contributed by atoms with Gasteiger partial charge in [-0.1, -0.05) is 40.2 Å². The summed E-state index contributed by atoms with van der Waals surface area (Å²) in [6.07, 6.45) is 0.497. The van der Waals surface area contributed by atoms with Crippen molar-refractivity contribution in [3.05, 3.63) is 69.7 Å². The van der Waals surface area contributed by atoms with E-state index in [0.29, 0.717) is 30.6 Å². The summed E-state index contributed by atoms with van der Waals surface area (Å²) in [6, 6.07) is 14.2. The van der Waals surface area contributed by atoms with E-state index in [0.717, 1.165) is 10.0 Å². The van der Waals surface area contributed by atoms with Gasteiger partial charge in [-0.05, 0) is 36.2 Å². The second-order valence-electron chi connectivity index (χ2n) is 5.90. The van der Waals surface area contributed by atoms with E-state index in [-0.39, 0.29) is 24.4 Å². The molecule has 3 rings (SSSR count). The van der Waals surface area contributed by atoms with Crippen molar-refractivity contribution in [3.63, 3.8) is 0 Å². The van der Waals surface area contributed by atoms with Gasteiger partial charge in [-0.25, -0.2) is 4.79 Å². The summed E-state index contributed by atoms with van der Waals surface area (Å²) in [6.45, 7) is 1.08. The Morgan fingerprint density at radius 1 is 0.923 bits per heavy atom. The number of nitrogens with one attached hydrogen (secondary N) is 2. The summed E-state index contributed by atoms with van der Waals surface area (Å²) >= 11 is 3.36. The average Bonchev–Trinajstić information content (AvgIpc) is 2.89. The van der Waals surface area contributed by atoms with E-state index in [1.165, 1.54) is 4.90 Å². The van der Waals surface area contributed by atoms with E-state index >= 15 is 0 Å². The van der Waals surface area contributed by atoms with Crippen LogP contribution in [0.1, 0.15) is 32.7 Å². The van der Waals surface area contributed by atoms with Gasteiger partial charge in [0.25, 0.3) is 11.8 Å². The van der Waals surface area contributed by atoms with Crippen LogP contribution in [0, 0.1) is 0 Å². The molecule has 0 saturated heterocycles. The lowest BCUT2D eigenvalue weighted by atomic mass is 10.1. The smallest absolute Gasteiger partial charge is 0.315 e. The topological polar surface area (TPSA) is 78.5 Å². The van der Waals surface area contributed by atoms with Crippen molar-refractivity contribution in [1.29, 1.82) is 0 Å². The monoisotopic (exact) mass is 415 g/mol. The minimum absolute atomic E-state index is 0.273. The molecule has 134 valence electrons. The predicted octanol–water partition coefficient (Wildman–Crippen LogP) is 2.93. The number of imide groups is 1.